The third-order valence-corrected chi connectivity index (χ3v) is 5.96. The van der Waals surface area contributed by atoms with E-state index in [-0.39, 0.29) is 18.1 Å². The quantitative estimate of drug-likeness (QED) is 0.501. The Hall–Kier alpha value is -2.57. The zero-order chi connectivity index (χ0) is 22.4. The number of halogens is 1. The topological polar surface area (TPSA) is 69.6 Å². The summed E-state index contributed by atoms with van der Waals surface area (Å²) in [4.78, 5) is 26.0. The van der Waals surface area contributed by atoms with E-state index in [1.165, 1.54) is 12.5 Å². The fourth-order valence-electron chi connectivity index (χ4n) is 4.11. The van der Waals surface area contributed by atoms with Gasteiger partial charge in [-0.1, -0.05) is 60.2 Å². The highest BCUT2D eigenvalue weighted by molar-refractivity contribution is 6.01. The lowest BCUT2D eigenvalue weighted by Gasteiger charge is -2.40. The molecule has 5 nitrogen and oxygen atoms in total. The van der Waals surface area contributed by atoms with Crippen molar-refractivity contribution in [1.82, 2.24) is 10.2 Å². The number of alkyl halides is 1. The van der Waals surface area contributed by atoms with E-state index in [2.05, 4.69) is 5.32 Å². The summed E-state index contributed by atoms with van der Waals surface area (Å²) in [6.07, 6.45) is -0.0475. The zero-order valence-electron chi connectivity index (χ0n) is 18.2. The van der Waals surface area contributed by atoms with Crippen molar-refractivity contribution in [2.75, 3.05) is 13.1 Å². The summed E-state index contributed by atoms with van der Waals surface area (Å²) in [5.41, 5.74) is 1.82. The summed E-state index contributed by atoms with van der Waals surface area (Å²) in [6, 6.07) is 15.8. The smallest absolute Gasteiger partial charge is 0.217 e. The van der Waals surface area contributed by atoms with Gasteiger partial charge in [0.25, 0.3) is 0 Å². The van der Waals surface area contributed by atoms with Gasteiger partial charge in [-0.05, 0) is 25.3 Å². The molecule has 6 heteroatoms. The van der Waals surface area contributed by atoms with Crippen molar-refractivity contribution in [1.29, 1.82) is 0 Å². The number of nitrogens with zero attached hydrogens (tertiary/aromatic N) is 1. The van der Waals surface area contributed by atoms with E-state index < -0.39 is 17.9 Å². The number of ketones is 1. The standard InChI is InChI=1S/C25H31FN2O3/c1-18-8-10-20(11-9-18)17-25(31)12-14-28(15-13-25)23(26)16-22(27-19(2)29)24(30)21-6-4-3-5-7-21/h3-11,22-23,31H,12-17H2,1-2H3,(H,27,29). The van der Waals surface area contributed by atoms with Crippen LogP contribution in [-0.4, -0.2) is 52.7 Å². The lowest BCUT2D eigenvalue weighted by Crippen LogP contribution is -2.50. The number of hydrogen-bond donors (Lipinski definition) is 2. The second-order valence-corrected chi connectivity index (χ2v) is 8.58. The predicted octanol–water partition coefficient (Wildman–Crippen LogP) is 3.44. The van der Waals surface area contributed by atoms with Crippen LogP contribution in [-0.2, 0) is 11.2 Å². The van der Waals surface area contributed by atoms with Crippen LogP contribution in [0, 0.1) is 6.92 Å². The van der Waals surface area contributed by atoms with Crippen LogP contribution >= 0.6 is 0 Å². The molecule has 0 bridgehead atoms. The molecule has 1 saturated heterocycles. The monoisotopic (exact) mass is 426 g/mol. The molecule has 0 radical (unpaired) electrons. The minimum atomic E-state index is -1.38. The molecule has 1 fully saturated rings. The molecule has 0 saturated carbocycles. The fraction of sp³-hybridized carbons (Fsp3) is 0.440. The van der Waals surface area contributed by atoms with E-state index in [1.54, 1.807) is 35.2 Å². The van der Waals surface area contributed by atoms with Crippen LogP contribution in [0.1, 0.15) is 47.7 Å². The first-order valence-electron chi connectivity index (χ1n) is 10.8. The van der Waals surface area contributed by atoms with E-state index in [4.69, 9.17) is 0 Å². The number of nitrogens with one attached hydrogen (secondary N) is 1. The predicted molar refractivity (Wildman–Crippen MR) is 119 cm³/mol. The first-order valence-corrected chi connectivity index (χ1v) is 10.8. The van der Waals surface area contributed by atoms with Gasteiger partial charge in [0.1, 0.15) is 0 Å². The summed E-state index contributed by atoms with van der Waals surface area (Å²) < 4.78 is 15.1. The van der Waals surface area contributed by atoms with Crippen LogP contribution in [0.15, 0.2) is 54.6 Å². The zero-order valence-corrected chi connectivity index (χ0v) is 18.2. The molecule has 2 unspecified atom stereocenters. The van der Waals surface area contributed by atoms with E-state index in [9.17, 15) is 14.7 Å². The lowest BCUT2D eigenvalue weighted by molar-refractivity contribution is -0.119. The Labute approximate surface area is 183 Å². The van der Waals surface area contributed by atoms with Gasteiger partial charge >= 0.3 is 0 Å². The fourth-order valence-corrected chi connectivity index (χ4v) is 4.11. The number of carbonyl (C=O) groups excluding carboxylic acids is 2. The molecule has 2 aromatic rings. The van der Waals surface area contributed by atoms with Gasteiger partial charge < -0.3 is 10.4 Å². The molecule has 3 rings (SSSR count). The third kappa shape index (κ3) is 6.45. The Morgan fingerprint density at radius 3 is 2.29 bits per heavy atom. The van der Waals surface area contributed by atoms with Crippen LogP contribution in [0.25, 0.3) is 0 Å². The SMILES string of the molecule is CC(=O)NC(CC(F)N1CCC(O)(Cc2ccc(C)cc2)CC1)C(=O)c1ccccc1. The molecule has 0 aliphatic carbocycles. The van der Waals surface area contributed by atoms with Gasteiger partial charge in [-0.15, -0.1) is 0 Å². The molecule has 31 heavy (non-hydrogen) atoms. The van der Waals surface area contributed by atoms with Gasteiger partial charge in [-0.25, -0.2) is 4.39 Å². The number of aryl methyl sites for hydroxylation is 1. The Kier molecular flexibility index (Phi) is 7.57. The number of carbonyl (C=O) groups is 2. The second kappa shape index (κ2) is 10.2. The highest BCUT2D eigenvalue weighted by Gasteiger charge is 2.36. The Bertz CT molecular complexity index is 877. The average Bonchev–Trinajstić information content (AvgIpc) is 2.75. The molecule has 166 valence electrons. The van der Waals surface area contributed by atoms with Gasteiger partial charge in [0.15, 0.2) is 12.1 Å². The van der Waals surface area contributed by atoms with Gasteiger partial charge in [0, 0.05) is 38.4 Å². The van der Waals surface area contributed by atoms with Crippen LogP contribution in [0.4, 0.5) is 4.39 Å². The first-order chi connectivity index (χ1) is 14.8. The van der Waals surface area contributed by atoms with E-state index in [1.807, 2.05) is 31.2 Å². The molecule has 1 heterocycles. The molecular formula is C25H31FN2O3. The van der Waals surface area contributed by atoms with Crippen molar-refractivity contribution >= 4 is 11.7 Å². The minimum absolute atomic E-state index is 0.121. The van der Waals surface area contributed by atoms with Gasteiger partial charge in [-0.3, -0.25) is 14.5 Å². The van der Waals surface area contributed by atoms with Crippen LogP contribution in [0.2, 0.25) is 0 Å². The molecule has 1 aliphatic rings. The van der Waals surface area contributed by atoms with Crippen LogP contribution in [0.3, 0.4) is 0 Å². The molecule has 1 aliphatic heterocycles. The molecule has 2 N–H and O–H groups in total. The number of hydrogen-bond acceptors (Lipinski definition) is 4. The van der Waals surface area contributed by atoms with E-state index in [0.29, 0.717) is 37.9 Å². The van der Waals surface area contributed by atoms with E-state index >= 15 is 4.39 Å². The maximum absolute atomic E-state index is 15.1. The summed E-state index contributed by atoms with van der Waals surface area (Å²) in [6.45, 7) is 4.14. The largest absolute Gasteiger partial charge is 0.389 e. The summed E-state index contributed by atoms with van der Waals surface area (Å²) in [5, 5.41) is 13.6. The van der Waals surface area contributed by atoms with Crippen molar-refractivity contribution in [2.24, 2.45) is 0 Å². The first kappa shape index (κ1) is 23.1. The molecule has 0 aromatic heterocycles. The van der Waals surface area contributed by atoms with Crippen molar-refractivity contribution in [3.63, 3.8) is 0 Å². The highest BCUT2D eigenvalue weighted by Crippen LogP contribution is 2.28. The van der Waals surface area contributed by atoms with Crippen molar-refractivity contribution in [3.8, 4) is 0 Å². The molecule has 1 amide bonds. The Morgan fingerprint density at radius 2 is 1.71 bits per heavy atom. The number of amides is 1. The number of likely N-dealkylation sites (tertiary alicyclic amines) is 1. The highest BCUT2D eigenvalue weighted by atomic mass is 19.1. The number of rotatable bonds is 8. The normalized spacial score (nSPS) is 18.2. The number of aliphatic hydroxyl groups is 1. The Morgan fingerprint density at radius 1 is 1.10 bits per heavy atom. The maximum Gasteiger partial charge on any atom is 0.217 e. The third-order valence-electron chi connectivity index (χ3n) is 5.96. The van der Waals surface area contributed by atoms with Crippen molar-refractivity contribution in [3.05, 3.63) is 71.3 Å². The van der Waals surface area contributed by atoms with Gasteiger partial charge in [0.2, 0.25) is 5.91 Å². The minimum Gasteiger partial charge on any atom is -0.389 e. The van der Waals surface area contributed by atoms with Crippen molar-refractivity contribution < 1.29 is 19.1 Å². The van der Waals surface area contributed by atoms with Crippen molar-refractivity contribution in [2.45, 2.75) is 57.5 Å². The summed E-state index contributed by atoms with van der Waals surface area (Å²) in [5.74, 6) is -0.668. The Balaban J connectivity index is 1.59. The lowest BCUT2D eigenvalue weighted by atomic mass is 9.85. The number of Topliss-reactive ketones (excluding diaryl/α,β-unsaturated/α-hetero) is 1. The van der Waals surface area contributed by atoms with Gasteiger partial charge in [0.05, 0.1) is 11.6 Å². The molecule has 0 spiro atoms. The maximum atomic E-state index is 15.1. The summed E-state index contributed by atoms with van der Waals surface area (Å²) >= 11 is 0. The number of benzene rings is 2. The van der Waals surface area contributed by atoms with Gasteiger partial charge in [-0.2, -0.15) is 0 Å². The molecule has 2 aromatic carbocycles. The van der Waals surface area contributed by atoms with E-state index in [0.717, 1.165) is 5.56 Å². The second-order valence-electron chi connectivity index (χ2n) is 8.58. The molecule has 2 atom stereocenters. The summed E-state index contributed by atoms with van der Waals surface area (Å²) in [7, 11) is 0. The number of piperidine rings is 1. The molecular weight excluding hydrogens is 395 g/mol. The average molecular weight is 427 g/mol. The van der Waals surface area contributed by atoms with Crippen LogP contribution in [0.5, 0.6) is 0 Å². The van der Waals surface area contributed by atoms with Crippen LogP contribution < -0.4 is 5.32 Å².